The molecule has 1 saturated heterocycles. The molecule has 162 valence electrons. The second-order valence-electron chi connectivity index (χ2n) is 7.13. The van der Waals surface area contributed by atoms with Crippen molar-refractivity contribution < 1.29 is 4.79 Å². The number of carbonyl (C=O) groups is 1. The van der Waals surface area contributed by atoms with Crippen LogP contribution in [0.3, 0.4) is 0 Å². The van der Waals surface area contributed by atoms with Crippen molar-refractivity contribution in [2.24, 2.45) is 17.6 Å². The van der Waals surface area contributed by atoms with Crippen LogP contribution in [0.2, 0.25) is 5.02 Å². The number of halogens is 4. The Kier molecular flexibility index (Phi) is 13.5. The van der Waals surface area contributed by atoms with Gasteiger partial charge in [-0.25, -0.2) is 0 Å². The average molecular weight is 474 g/mol. The zero-order chi connectivity index (χ0) is 17.6. The molecular formula is C19H32Cl4N4O. The summed E-state index contributed by atoms with van der Waals surface area (Å²) in [4.78, 5) is 17.1. The molecule has 0 spiro atoms. The summed E-state index contributed by atoms with van der Waals surface area (Å²) in [5.41, 5.74) is 6.97. The van der Waals surface area contributed by atoms with Crippen LogP contribution in [0.15, 0.2) is 24.3 Å². The highest BCUT2D eigenvalue weighted by atomic mass is 35.5. The molecule has 0 bridgehead atoms. The SMILES string of the molecule is Cl.Cl.Cl.NC[C@H]1CCC[C@H]1C(=O)NCCN1CCN(c2cccc(Cl)c2)CC1. The minimum atomic E-state index is 0. The molecule has 1 saturated carbocycles. The Morgan fingerprint density at radius 3 is 2.50 bits per heavy atom. The quantitative estimate of drug-likeness (QED) is 0.665. The molecule has 2 aliphatic rings. The molecule has 2 atom stereocenters. The standard InChI is InChI=1S/C19H29ClN4O.3ClH/c20-16-4-2-5-17(13-16)24-11-9-23(10-12-24)8-7-22-19(25)18-6-1-3-15(18)14-21;;;/h2,4-5,13,15,18H,1,3,6-12,14,21H2,(H,22,25);3*1H/t15-,18-;;;/m1.../s1. The predicted octanol–water partition coefficient (Wildman–Crippen LogP) is 3.22. The van der Waals surface area contributed by atoms with Crippen molar-refractivity contribution in [2.45, 2.75) is 19.3 Å². The summed E-state index contributed by atoms with van der Waals surface area (Å²) in [6, 6.07) is 8.03. The molecule has 9 heteroatoms. The zero-order valence-corrected chi connectivity index (χ0v) is 19.2. The van der Waals surface area contributed by atoms with Crippen LogP contribution in [0.1, 0.15) is 19.3 Å². The van der Waals surface area contributed by atoms with Crippen LogP contribution in [-0.4, -0.2) is 56.6 Å². The first-order valence-electron chi connectivity index (χ1n) is 9.38. The summed E-state index contributed by atoms with van der Waals surface area (Å²) in [6.45, 7) is 6.27. The number of piperazine rings is 1. The minimum Gasteiger partial charge on any atom is -0.369 e. The average Bonchev–Trinajstić information content (AvgIpc) is 3.11. The Hall–Kier alpha value is -0.430. The second-order valence-corrected chi connectivity index (χ2v) is 7.57. The minimum absolute atomic E-state index is 0. The number of nitrogens with one attached hydrogen (secondary N) is 1. The fraction of sp³-hybridized carbons (Fsp3) is 0.632. The van der Waals surface area contributed by atoms with Crippen LogP contribution in [0.5, 0.6) is 0 Å². The van der Waals surface area contributed by atoms with Gasteiger partial charge in [0.25, 0.3) is 0 Å². The van der Waals surface area contributed by atoms with Gasteiger partial charge < -0.3 is 16.0 Å². The molecular weight excluding hydrogens is 442 g/mol. The number of nitrogens with zero attached hydrogens (tertiary/aromatic N) is 2. The number of hydrogen-bond acceptors (Lipinski definition) is 4. The first kappa shape index (κ1) is 27.6. The van der Waals surface area contributed by atoms with Crippen LogP contribution < -0.4 is 16.0 Å². The highest BCUT2D eigenvalue weighted by Crippen LogP contribution is 2.30. The molecule has 3 N–H and O–H groups in total. The maximum Gasteiger partial charge on any atom is 0.223 e. The number of anilines is 1. The summed E-state index contributed by atoms with van der Waals surface area (Å²) < 4.78 is 0. The molecule has 1 heterocycles. The van der Waals surface area contributed by atoms with Gasteiger partial charge in [-0.1, -0.05) is 24.1 Å². The van der Waals surface area contributed by atoms with Crippen LogP contribution in [0.4, 0.5) is 5.69 Å². The Morgan fingerprint density at radius 2 is 1.86 bits per heavy atom. The number of carbonyl (C=O) groups excluding carboxylic acids is 1. The molecule has 1 aromatic rings. The lowest BCUT2D eigenvalue weighted by Crippen LogP contribution is -2.49. The van der Waals surface area contributed by atoms with Gasteiger partial charge in [0.15, 0.2) is 0 Å². The Labute approximate surface area is 191 Å². The van der Waals surface area contributed by atoms with Crippen molar-refractivity contribution >= 4 is 60.4 Å². The molecule has 1 aliphatic heterocycles. The van der Waals surface area contributed by atoms with Crippen molar-refractivity contribution in [1.82, 2.24) is 10.2 Å². The molecule has 28 heavy (non-hydrogen) atoms. The Morgan fingerprint density at radius 1 is 1.14 bits per heavy atom. The molecule has 0 aromatic heterocycles. The van der Waals surface area contributed by atoms with Crippen molar-refractivity contribution in [2.75, 3.05) is 50.7 Å². The van der Waals surface area contributed by atoms with Gasteiger partial charge in [-0.3, -0.25) is 9.69 Å². The van der Waals surface area contributed by atoms with E-state index in [1.807, 2.05) is 18.2 Å². The van der Waals surface area contributed by atoms with Gasteiger partial charge >= 0.3 is 0 Å². The van der Waals surface area contributed by atoms with Gasteiger partial charge in [-0.2, -0.15) is 0 Å². The maximum absolute atomic E-state index is 12.3. The van der Waals surface area contributed by atoms with Crippen LogP contribution in [-0.2, 0) is 4.79 Å². The van der Waals surface area contributed by atoms with E-state index in [2.05, 4.69) is 21.2 Å². The van der Waals surface area contributed by atoms with Gasteiger partial charge in [0.05, 0.1) is 0 Å². The van der Waals surface area contributed by atoms with E-state index in [4.69, 9.17) is 17.3 Å². The lowest BCUT2D eigenvalue weighted by Gasteiger charge is -2.36. The largest absolute Gasteiger partial charge is 0.369 e. The highest BCUT2D eigenvalue weighted by molar-refractivity contribution is 6.30. The van der Waals surface area contributed by atoms with Crippen LogP contribution >= 0.6 is 48.8 Å². The molecule has 1 aromatic carbocycles. The monoisotopic (exact) mass is 472 g/mol. The predicted molar refractivity (Wildman–Crippen MR) is 125 cm³/mol. The topological polar surface area (TPSA) is 61.6 Å². The van der Waals surface area contributed by atoms with Gasteiger partial charge in [0.1, 0.15) is 0 Å². The van der Waals surface area contributed by atoms with E-state index in [0.29, 0.717) is 12.5 Å². The fourth-order valence-corrected chi connectivity index (χ4v) is 4.22. The molecule has 5 nitrogen and oxygen atoms in total. The van der Waals surface area contributed by atoms with Gasteiger partial charge in [-0.15, -0.1) is 37.2 Å². The number of rotatable bonds is 6. The van der Waals surface area contributed by atoms with Gasteiger partial charge in [0.2, 0.25) is 5.91 Å². The highest BCUT2D eigenvalue weighted by Gasteiger charge is 2.31. The third kappa shape index (κ3) is 7.43. The van der Waals surface area contributed by atoms with E-state index in [0.717, 1.165) is 63.6 Å². The first-order valence-corrected chi connectivity index (χ1v) is 9.76. The summed E-state index contributed by atoms with van der Waals surface area (Å²) >= 11 is 6.08. The Bertz CT molecular complexity index is 585. The van der Waals surface area contributed by atoms with E-state index in [9.17, 15) is 4.79 Å². The second kappa shape index (κ2) is 13.7. The van der Waals surface area contributed by atoms with E-state index in [-0.39, 0.29) is 49.0 Å². The molecule has 2 fully saturated rings. The molecule has 0 unspecified atom stereocenters. The molecule has 0 radical (unpaired) electrons. The number of amides is 1. The lowest BCUT2D eigenvalue weighted by molar-refractivity contribution is -0.126. The zero-order valence-electron chi connectivity index (χ0n) is 16.0. The van der Waals surface area contributed by atoms with Crippen molar-refractivity contribution in [3.63, 3.8) is 0 Å². The number of benzene rings is 1. The van der Waals surface area contributed by atoms with E-state index >= 15 is 0 Å². The molecule has 1 aliphatic carbocycles. The Balaban J connectivity index is 0.00000243. The van der Waals surface area contributed by atoms with Crippen molar-refractivity contribution in [1.29, 1.82) is 0 Å². The summed E-state index contributed by atoms with van der Waals surface area (Å²) in [5, 5.41) is 3.90. The van der Waals surface area contributed by atoms with Crippen LogP contribution in [0.25, 0.3) is 0 Å². The smallest absolute Gasteiger partial charge is 0.223 e. The third-order valence-corrected chi connectivity index (χ3v) is 5.81. The molecule has 1 amide bonds. The number of hydrogen-bond donors (Lipinski definition) is 2. The van der Waals surface area contributed by atoms with Crippen molar-refractivity contribution in [3.05, 3.63) is 29.3 Å². The van der Waals surface area contributed by atoms with E-state index in [1.165, 1.54) is 5.69 Å². The van der Waals surface area contributed by atoms with Gasteiger partial charge in [-0.05, 0) is 43.5 Å². The summed E-state index contributed by atoms with van der Waals surface area (Å²) in [6.07, 6.45) is 3.22. The van der Waals surface area contributed by atoms with E-state index in [1.54, 1.807) is 0 Å². The normalized spacial score (nSPS) is 21.9. The van der Waals surface area contributed by atoms with Gasteiger partial charge in [0, 0.05) is 55.9 Å². The van der Waals surface area contributed by atoms with Crippen molar-refractivity contribution in [3.8, 4) is 0 Å². The molecule has 3 rings (SSSR count). The van der Waals surface area contributed by atoms with E-state index < -0.39 is 0 Å². The fourth-order valence-electron chi connectivity index (χ4n) is 4.03. The summed E-state index contributed by atoms with van der Waals surface area (Å²) in [7, 11) is 0. The maximum atomic E-state index is 12.3. The number of nitrogens with two attached hydrogens (primary N) is 1. The third-order valence-electron chi connectivity index (χ3n) is 5.57. The lowest BCUT2D eigenvalue weighted by atomic mass is 9.95. The summed E-state index contributed by atoms with van der Waals surface area (Å²) in [5.74, 6) is 0.705. The van der Waals surface area contributed by atoms with Crippen LogP contribution in [0, 0.1) is 11.8 Å². The first-order chi connectivity index (χ1) is 12.2.